The van der Waals surface area contributed by atoms with Crippen molar-refractivity contribution in [2.75, 3.05) is 13.1 Å². The highest BCUT2D eigenvalue weighted by molar-refractivity contribution is 7.89. The third-order valence-corrected chi connectivity index (χ3v) is 6.28. The first kappa shape index (κ1) is 19.1. The van der Waals surface area contributed by atoms with Crippen molar-refractivity contribution >= 4 is 21.9 Å². The summed E-state index contributed by atoms with van der Waals surface area (Å²) in [6, 6.07) is 12.2. The zero-order valence-corrected chi connectivity index (χ0v) is 15.4. The van der Waals surface area contributed by atoms with Crippen LogP contribution in [0.4, 0.5) is 0 Å². The molecular formula is C19H20N2O5S. The molecule has 0 unspecified atom stereocenters. The van der Waals surface area contributed by atoms with Gasteiger partial charge in [0, 0.05) is 18.7 Å². The summed E-state index contributed by atoms with van der Waals surface area (Å²) in [5, 5.41) is 0. The highest BCUT2D eigenvalue weighted by Gasteiger charge is 2.27. The number of rotatable bonds is 6. The molecule has 1 amide bonds. The van der Waals surface area contributed by atoms with E-state index in [4.69, 9.17) is 10.5 Å². The molecule has 1 heterocycles. The number of carbonyl (C=O) groups is 2. The van der Waals surface area contributed by atoms with E-state index in [9.17, 15) is 18.0 Å². The van der Waals surface area contributed by atoms with Crippen molar-refractivity contribution in [2.24, 2.45) is 5.73 Å². The monoisotopic (exact) mass is 388 g/mol. The summed E-state index contributed by atoms with van der Waals surface area (Å²) in [6.45, 7) is 0.998. The van der Waals surface area contributed by atoms with Gasteiger partial charge in [0.1, 0.15) is 6.61 Å². The molecule has 0 radical (unpaired) electrons. The van der Waals surface area contributed by atoms with Crippen LogP contribution in [0.25, 0.3) is 0 Å². The van der Waals surface area contributed by atoms with Crippen molar-refractivity contribution in [2.45, 2.75) is 24.3 Å². The van der Waals surface area contributed by atoms with Gasteiger partial charge in [-0.2, -0.15) is 4.31 Å². The van der Waals surface area contributed by atoms with Crippen LogP contribution in [-0.2, 0) is 21.4 Å². The summed E-state index contributed by atoms with van der Waals surface area (Å²) in [7, 11) is -3.59. The van der Waals surface area contributed by atoms with Gasteiger partial charge in [-0.05, 0) is 48.7 Å². The Morgan fingerprint density at radius 3 is 2.30 bits per heavy atom. The topological polar surface area (TPSA) is 107 Å². The number of carbonyl (C=O) groups excluding carboxylic acids is 2. The third-order valence-electron chi connectivity index (χ3n) is 4.38. The molecule has 142 valence electrons. The van der Waals surface area contributed by atoms with Gasteiger partial charge in [-0.1, -0.05) is 18.2 Å². The molecule has 2 aromatic rings. The minimum atomic E-state index is -3.59. The summed E-state index contributed by atoms with van der Waals surface area (Å²) in [6.07, 6.45) is 1.69. The molecule has 2 aromatic carbocycles. The van der Waals surface area contributed by atoms with E-state index in [0.717, 1.165) is 12.8 Å². The molecule has 27 heavy (non-hydrogen) atoms. The highest BCUT2D eigenvalue weighted by atomic mass is 32.2. The fourth-order valence-electron chi connectivity index (χ4n) is 2.86. The van der Waals surface area contributed by atoms with Gasteiger partial charge in [-0.3, -0.25) is 4.79 Å². The Labute approximate surface area is 157 Å². The zero-order valence-electron chi connectivity index (χ0n) is 14.6. The Balaban J connectivity index is 1.69. The van der Waals surface area contributed by atoms with Gasteiger partial charge in [0.15, 0.2) is 0 Å². The van der Waals surface area contributed by atoms with Crippen LogP contribution in [0.2, 0.25) is 0 Å². The molecule has 1 aliphatic rings. The highest BCUT2D eigenvalue weighted by Crippen LogP contribution is 2.22. The number of hydrogen-bond donors (Lipinski definition) is 1. The normalized spacial score (nSPS) is 14.8. The van der Waals surface area contributed by atoms with E-state index in [1.54, 1.807) is 24.3 Å². The van der Waals surface area contributed by atoms with Gasteiger partial charge in [0.2, 0.25) is 15.9 Å². The zero-order chi connectivity index (χ0) is 19.4. The molecule has 8 heteroatoms. The maximum absolute atomic E-state index is 12.6. The summed E-state index contributed by atoms with van der Waals surface area (Å²) >= 11 is 0. The molecule has 2 N–H and O–H groups in total. The Kier molecular flexibility index (Phi) is 5.57. The first-order chi connectivity index (χ1) is 12.9. The third kappa shape index (κ3) is 4.35. The maximum Gasteiger partial charge on any atom is 0.338 e. The smallest absolute Gasteiger partial charge is 0.338 e. The second-order valence-electron chi connectivity index (χ2n) is 6.28. The van der Waals surface area contributed by atoms with Gasteiger partial charge in [0.05, 0.1) is 10.5 Å². The van der Waals surface area contributed by atoms with Crippen LogP contribution in [0, 0.1) is 0 Å². The molecule has 0 aromatic heterocycles. The predicted octanol–water partition coefficient (Wildman–Crippen LogP) is 1.93. The van der Waals surface area contributed by atoms with Crippen LogP contribution in [0.3, 0.4) is 0 Å². The summed E-state index contributed by atoms with van der Waals surface area (Å²) < 4.78 is 31.9. The van der Waals surface area contributed by atoms with Crippen LogP contribution in [-0.4, -0.2) is 37.7 Å². The van der Waals surface area contributed by atoms with Crippen molar-refractivity contribution in [1.82, 2.24) is 4.31 Å². The molecule has 0 spiro atoms. The number of primary amides is 1. The lowest BCUT2D eigenvalue weighted by molar-refractivity contribution is 0.0472. The molecule has 3 rings (SSSR count). The minimum Gasteiger partial charge on any atom is -0.457 e. The molecule has 0 aliphatic carbocycles. The van der Waals surface area contributed by atoms with Crippen molar-refractivity contribution in [1.29, 1.82) is 0 Å². The van der Waals surface area contributed by atoms with E-state index in [-0.39, 0.29) is 17.1 Å². The fourth-order valence-corrected chi connectivity index (χ4v) is 4.42. The average Bonchev–Trinajstić information content (AvgIpc) is 3.22. The molecule has 1 saturated heterocycles. The van der Waals surface area contributed by atoms with E-state index in [2.05, 4.69) is 0 Å². The molecule has 1 fully saturated rings. The number of nitrogens with zero attached hydrogens (tertiary/aromatic N) is 1. The van der Waals surface area contributed by atoms with Gasteiger partial charge in [-0.15, -0.1) is 0 Å². The second kappa shape index (κ2) is 7.89. The first-order valence-electron chi connectivity index (χ1n) is 8.54. The van der Waals surface area contributed by atoms with E-state index >= 15 is 0 Å². The largest absolute Gasteiger partial charge is 0.457 e. The van der Waals surface area contributed by atoms with E-state index in [1.165, 1.54) is 28.6 Å². The SMILES string of the molecule is NC(=O)c1ccc(COC(=O)c2cccc(S(=O)(=O)N3CCCC3)c2)cc1. The lowest BCUT2D eigenvalue weighted by Crippen LogP contribution is -2.28. The van der Waals surface area contributed by atoms with Crippen molar-refractivity contribution in [3.05, 3.63) is 65.2 Å². The first-order valence-corrected chi connectivity index (χ1v) is 9.98. The van der Waals surface area contributed by atoms with Gasteiger partial charge < -0.3 is 10.5 Å². The van der Waals surface area contributed by atoms with E-state index < -0.39 is 21.9 Å². The average molecular weight is 388 g/mol. The standard InChI is InChI=1S/C19H20N2O5S/c20-18(22)15-8-6-14(7-9-15)13-26-19(23)16-4-3-5-17(12-16)27(24,25)21-10-1-2-11-21/h3-9,12H,1-2,10-11,13H2,(H2,20,22). The number of hydrogen-bond acceptors (Lipinski definition) is 5. The van der Waals surface area contributed by atoms with Crippen LogP contribution in [0.1, 0.15) is 39.1 Å². The Morgan fingerprint density at radius 2 is 1.67 bits per heavy atom. The Morgan fingerprint density at radius 1 is 1.00 bits per heavy atom. The fraction of sp³-hybridized carbons (Fsp3) is 0.263. The summed E-state index contributed by atoms with van der Waals surface area (Å²) in [5.74, 6) is -1.15. The quantitative estimate of drug-likeness (QED) is 0.761. The number of amides is 1. The van der Waals surface area contributed by atoms with E-state index in [1.807, 2.05) is 0 Å². The number of nitrogens with two attached hydrogens (primary N) is 1. The van der Waals surface area contributed by atoms with Gasteiger partial charge in [-0.25, -0.2) is 13.2 Å². The lowest BCUT2D eigenvalue weighted by atomic mass is 10.1. The predicted molar refractivity (Wildman–Crippen MR) is 98.5 cm³/mol. The van der Waals surface area contributed by atoms with Crippen molar-refractivity contribution < 1.29 is 22.7 Å². The number of benzene rings is 2. The Bertz CT molecular complexity index is 948. The number of esters is 1. The molecule has 7 nitrogen and oxygen atoms in total. The molecule has 1 aliphatic heterocycles. The Hall–Kier alpha value is -2.71. The number of sulfonamides is 1. The van der Waals surface area contributed by atoms with Gasteiger partial charge in [0.25, 0.3) is 0 Å². The van der Waals surface area contributed by atoms with Crippen molar-refractivity contribution in [3.8, 4) is 0 Å². The number of ether oxygens (including phenoxy) is 1. The minimum absolute atomic E-state index is 0.000970. The molecule has 0 saturated carbocycles. The van der Waals surface area contributed by atoms with Crippen LogP contribution < -0.4 is 5.73 Å². The molecular weight excluding hydrogens is 368 g/mol. The van der Waals surface area contributed by atoms with Crippen LogP contribution in [0.15, 0.2) is 53.4 Å². The van der Waals surface area contributed by atoms with Crippen LogP contribution >= 0.6 is 0 Å². The molecule has 0 bridgehead atoms. The maximum atomic E-state index is 12.6. The van der Waals surface area contributed by atoms with Crippen molar-refractivity contribution in [3.63, 3.8) is 0 Å². The van der Waals surface area contributed by atoms with Crippen LogP contribution in [0.5, 0.6) is 0 Å². The summed E-state index contributed by atoms with van der Waals surface area (Å²) in [4.78, 5) is 23.4. The lowest BCUT2D eigenvalue weighted by Gasteiger charge is -2.15. The van der Waals surface area contributed by atoms with E-state index in [0.29, 0.717) is 24.2 Å². The van der Waals surface area contributed by atoms with Gasteiger partial charge >= 0.3 is 5.97 Å². The summed E-state index contributed by atoms with van der Waals surface area (Å²) in [5.41, 5.74) is 6.40. The second-order valence-corrected chi connectivity index (χ2v) is 8.21. The molecule has 0 atom stereocenters.